The molecule has 1 aliphatic rings. The summed E-state index contributed by atoms with van der Waals surface area (Å²) in [6.45, 7) is 7.55. The van der Waals surface area contributed by atoms with E-state index in [1.807, 2.05) is 56.1 Å². The van der Waals surface area contributed by atoms with Crippen molar-refractivity contribution in [3.63, 3.8) is 0 Å². The number of benzene rings is 1. The highest BCUT2D eigenvalue weighted by molar-refractivity contribution is 6.33. The maximum absolute atomic E-state index is 12.5. The van der Waals surface area contributed by atoms with Gasteiger partial charge in [-0.3, -0.25) is 4.79 Å². The fourth-order valence-electron chi connectivity index (χ4n) is 4.79. The Bertz CT molecular complexity index is 1270. The van der Waals surface area contributed by atoms with Crippen molar-refractivity contribution in [1.29, 1.82) is 0 Å². The molecule has 1 saturated heterocycles. The van der Waals surface area contributed by atoms with Crippen molar-refractivity contribution in [3.8, 4) is 11.3 Å². The van der Waals surface area contributed by atoms with Gasteiger partial charge < -0.3 is 25.3 Å². The molecule has 2 aromatic heterocycles. The van der Waals surface area contributed by atoms with Gasteiger partial charge in [0.15, 0.2) is 0 Å². The van der Waals surface area contributed by atoms with Crippen molar-refractivity contribution in [2.75, 3.05) is 25.0 Å². The van der Waals surface area contributed by atoms with E-state index in [1.165, 1.54) is 0 Å². The van der Waals surface area contributed by atoms with Gasteiger partial charge in [-0.2, -0.15) is 0 Å². The zero-order chi connectivity index (χ0) is 27.8. The maximum atomic E-state index is 12.5. The summed E-state index contributed by atoms with van der Waals surface area (Å²) in [5.74, 6) is 0.713. The molecule has 0 radical (unpaired) electrons. The molecule has 1 aliphatic heterocycles. The predicted octanol–water partition coefficient (Wildman–Crippen LogP) is 6.16. The fourth-order valence-corrected chi connectivity index (χ4v) is 4.98. The van der Waals surface area contributed by atoms with Crippen LogP contribution in [0.25, 0.3) is 22.2 Å². The monoisotopic (exact) mass is 554 g/mol. The summed E-state index contributed by atoms with van der Waals surface area (Å²) in [4.78, 5) is 38.6. The van der Waals surface area contributed by atoms with Crippen molar-refractivity contribution in [3.05, 3.63) is 41.7 Å². The second-order valence-electron chi connectivity index (χ2n) is 11.1. The number of hydrogen-bond donors (Lipinski definition) is 3. The van der Waals surface area contributed by atoms with Gasteiger partial charge in [0.2, 0.25) is 11.9 Å². The van der Waals surface area contributed by atoms with Crippen LogP contribution >= 0.6 is 11.6 Å². The number of ether oxygens (including phenoxy) is 1. The molecule has 9 nitrogen and oxygen atoms in total. The van der Waals surface area contributed by atoms with Gasteiger partial charge in [-0.25, -0.2) is 14.8 Å². The fraction of sp³-hybridized carbons (Fsp3) is 0.517. The number of halogens is 1. The summed E-state index contributed by atoms with van der Waals surface area (Å²) < 4.78 is 5.24. The number of alkyl carbamates (subject to hydrolysis) is 1. The number of H-pyrrole nitrogens is 1. The van der Waals surface area contributed by atoms with Gasteiger partial charge in [-0.1, -0.05) is 49.1 Å². The Hall–Kier alpha value is -3.33. The van der Waals surface area contributed by atoms with E-state index in [0.717, 1.165) is 61.5 Å². The molecule has 39 heavy (non-hydrogen) atoms. The number of hydrogen-bond acceptors (Lipinski definition) is 6. The minimum absolute atomic E-state index is 0.0821. The van der Waals surface area contributed by atoms with E-state index in [0.29, 0.717) is 36.2 Å². The summed E-state index contributed by atoms with van der Waals surface area (Å²) >= 11 is 6.48. The molecule has 2 amide bonds. The largest absolute Gasteiger partial charge is 0.444 e. The molecule has 0 aliphatic carbocycles. The first kappa shape index (κ1) is 28.7. The molecule has 3 N–H and O–H groups in total. The van der Waals surface area contributed by atoms with Crippen LogP contribution in [0.1, 0.15) is 65.7 Å². The Kier molecular flexibility index (Phi) is 9.67. The van der Waals surface area contributed by atoms with E-state index in [2.05, 4.69) is 20.6 Å². The van der Waals surface area contributed by atoms with Gasteiger partial charge in [0, 0.05) is 54.8 Å². The quantitative estimate of drug-likeness (QED) is 0.245. The number of carbonyl (C=O) groups is 2. The molecular formula is C29H39ClN6O3. The molecule has 3 heterocycles. The third-order valence-corrected chi connectivity index (χ3v) is 6.97. The van der Waals surface area contributed by atoms with Crippen LogP contribution in [0.2, 0.25) is 5.02 Å². The molecule has 3 aromatic rings. The van der Waals surface area contributed by atoms with Gasteiger partial charge >= 0.3 is 6.09 Å². The van der Waals surface area contributed by atoms with Crippen LogP contribution < -0.4 is 10.6 Å². The molecule has 1 atom stereocenters. The number of nitrogens with zero attached hydrogens (tertiary/aromatic N) is 3. The number of rotatable bonds is 11. The number of unbranched alkanes of at least 4 members (excludes halogenated alkanes) is 4. The summed E-state index contributed by atoms with van der Waals surface area (Å²) in [5, 5.41) is 7.77. The Morgan fingerprint density at radius 3 is 2.77 bits per heavy atom. The van der Waals surface area contributed by atoms with Gasteiger partial charge in [0.25, 0.3) is 0 Å². The second-order valence-corrected chi connectivity index (χ2v) is 11.5. The highest BCUT2D eigenvalue weighted by atomic mass is 35.5. The second kappa shape index (κ2) is 13.2. The number of para-hydroxylation sites is 1. The first-order valence-electron chi connectivity index (χ1n) is 13.8. The number of aromatic nitrogens is 3. The van der Waals surface area contributed by atoms with Gasteiger partial charge in [0.1, 0.15) is 5.60 Å². The lowest BCUT2D eigenvalue weighted by Crippen LogP contribution is -2.46. The average Bonchev–Trinajstić information content (AvgIpc) is 3.31. The third kappa shape index (κ3) is 8.33. The van der Waals surface area contributed by atoms with E-state index in [1.54, 1.807) is 6.20 Å². The van der Waals surface area contributed by atoms with Crippen LogP contribution in [0.5, 0.6) is 0 Å². The first-order valence-corrected chi connectivity index (χ1v) is 14.2. The Morgan fingerprint density at radius 2 is 1.95 bits per heavy atom. The lowest BCUT2D eigenvalue weighted by Gasteiger charge is -2.33. The number of amides is 2. The number of fused-ring (bicyclic) bond motifs is 1. The van der Waals surface area contributed by atoms with Crippen molar-refractivity contribution >= 4 is 40.5 Å². The summed E-state index contributed by atoms with van der Waals surface area (Å²) in [5.41, 5.74) is 2.15. The molecule has 0 bridgehead atoms. The van der Waals surface area contributed by atoms with Gasteiger partial charge in [-0.15, -0.1) is 0 Å². The van der Waals surface area contributed by atoms with Crippen molar-refractivity contribution in [2.24, 2.45) is 0 Å². The van der Waals surface area contributed by atoms with E-state index >= 15 is 0 Å². The van der Waals surface area contributed by atoms with Crippen LogP contribution in [0.4, 0.5) is 10.7 Å². The zero-order valence-corrected chi connectivity index (χ0v) is 23.8. The number of anilines is 1. The van der Waals surface area contributed by atoms with Crippen LogP contribution in [0, 0.1) is 0 Å². The highest BCUT2D eigenvalue weighted by Crippen LogP contribution is 2.32. The number of carbonyl (C=O) groups excluding carboxylic acids is 2. The highest BCUT2D eigenvalue weighted by Gasteiger charge is 2.26. The summed E-state index contributed by atoms with van der Waals surface area (Å²) in [6.07, 6.45) is 9.44. The topological polar surface area (TPSA) is 112 Å². The van der Waals surface area contributed by atoms with E-state index in [9.17, 15) is 9.59 Å². The number of aromatic amines is 1. The maximum Gasteiger partial charge on any atom is 0.407 e. The molecule has 210 valence electrons. The van der Waals surface area contributed by atoms with Crippen LogP contribution in [-0.2, 0) is 9.53 Å². The van der Waals surface area contributed by atoms with Crippen molar-refractivity contribution in [2.45, 2.75) is 77.4 Å². The molecular weight excluding hydrogens is 516 g/mol. The Morgan fingerprint density at radius 1 is 1.18 bits per heavy atom. The summed E-state index contributed by atoms with van der Waals surface area (Å²) in [7, 11) is 0. The molecule has 0 spiro atoms. The molecule has 1 aromatic carbocycles. The van der Waals surface area contributed by atoms with Crippen LogP contribution in [-0.4, -0.2) is 63.1 Å². The van der Waals surface area contributed by atoms with Crippen molar-refractivity contribution < 1.29 is 14.3 Å². The van der Waals surface area contributed by atoms with Crippen LogP contribution in [0.3, 0.4) is 0 Å². The lowest BCUT2D eigenvalue weighted by molar-refractivity contribution is -0.133. The van der Waals surface area contributed by atoms with E-state index in [-0.39, 0.29) is 18.0 Å². The number of nitrogens with one attached hydrogen (secondary N) is 3. The Balaban J connectivity index is 1.21. The van der Waals surface area contributed by atoms with Crippen molar-refractivity contribution in [1.82, 2.24) is 25.2 Å². The first-order chi connectivity index (χ1) is 18.7. The Labute approximate surface area is 235 Å². The molecule has 1 unspecified atom stereocenters. The summed E-state index contributed by atoms with van der Waals surface area (Å²) in [6, 6.07) is 8.12. The standard InChI is InChI=1S/C29H39ClN6O3/c1-29(2,3)39-28(38)31-15-9-5-4-6-10-16-36-19-20(13-14-25(36)37)34-27-33-18-23(30)26(35-27)22-17-32-24-12-8-7-11-21(22)24/h7-8,11-12,17-18,20,32H,4-6,9-10,13-16,19H2,1-3H3,(H,31,38)(H,33,34,35). The predicted molar refractivity (Wildman–Crippen MR) is 155 cm³/mol. The number of likely N-dealkylation sites (tertiary alicyclic amines) is 1. The zero-order valence-electron chi connectivity index (χ0n) is 23.1. The minimum Gasteiger partial charge on any atom is -0.444 e. The molecule has 1 fully saturated rings. The third-order valence-electron chi connectivity index (χ3n) is 6.69. The van der Waals surface area contributed by atoms with E-state index in [4.69, 9.17) is 21.3 Å². The number of piperidine rings is 1. The van der Waals surface area contributed by atoms with E-state index < -0.39 is 5.60 Å². The molecule has 10 heteroatoms. The average molecular weight is 555 g/mol. The normalized spacial score (nSPS) is 15.9. The lowest BCUT2D eigenvalue weighted by atomic mass is 10.0. The smallest absolute Gasteiger partial charge is 0.407 e. The van der Waals surface area contributed by atoms with Crippen LogP contribution in [0.15, 0.2) is 36.7 Å². The SMILES string of the molecule is CC(C)(C)OC(=O)NCCCCCCCN1CC(Nc2ncc(Cl)c(-c3c[nH]c4ccccc34)n2)CCC1=O. The minimum atomic E-state index is -0.479. The molecule has 4 rings (SSSR count). The molecule has 0 saturated carbocycles. The van der Waals surface area contributed by atoms with Gasteiger partial charge in [-0.05, 0) is 46.1 Å². The van der Waals surface area contributed by atoms with Gasteiger partial charge in [0.05, 0.1) is 16.9 Å².